The third-order valence-corrected chi connectivity index (χ3v) is 4.45. The summed E-state index contributed by atoms with van der Waals surface area (Å²) in [5.74, 6) is 0.993. The molecule has 1 fully saturated rings. The molecule has 2 aliphatic heterocycles. The second kappa shape index (κ2) is 7.42. The van der Waals surface area contributed by atoms with E-state index in [0.29, 0.717) is 13.1 Å². The van der Waals surface area contributed by atoms with E-state index in [1.165, 1.54) is 18.6 Å². The van der Waals surface area contributed by atoms with Crippen molar-refractivity contribution < 1.29 is 9.53 Å². The summed E-state index contributed by atoms with van der Waals surface area (Å²) in [5, 5.41) is 0. The molecular formula is C19H28N4O2. The number of piperazine rings is 1. The number of carbonyl (C=O) groups excluding carboxylic acids is 1. The minimum Gasteiger partial charge on any atom is -0.444 e. The van der Waals surface area contributed by atoms with Crippen LogP contribution in [0.5, 0.6) is 0 Å². The lowest BCUT2D eigenvalue weighted by atomic mass is 10.0. The highest BCUT2D eigenvalue weighted by Gasteiger charge is 2.27. The highest BCUT2D eigenvalue weighted by Crippen LogP contribution is 2.24. The van der Waals surface area contributed by atoms with Crippen LogP contribution in [-0.2, 0) is 4.74 Å². The molecule has 0 aliphatic carbocycles. The first-order chi connectivity index (χ1) is 11.9. The monoisotopic (exact) mass is 344 g/mol. The van der Waals surface area contributed by atoms with Crippen LogP contribution < -0.4 is 4.90 Å². The SMILES string of the molecule is CC(C)(C)OC(=O)N1CCN(c2ncccc2C2=NCCCC2)CC1. The standard InChI is InChI=1S/C19H28N4O2/c1-19(2,3)25-18(24)23-13-11-22(12-14-23)17-15(7-6-10-21-17)16-8-4-5-9-20-16/h6-7,10H,4-5,8-9,11-14H2,1-3H3. The molecule has 25 heavy (non-hydrogen) atoms. The van der Waals surface area contributed by atoms with Crippen molar-refractivity contribution in [1.29, 1.82) is 0 Å². The fourth-order valence-electron chi connectivity index (χ4n) is 3.22. The molecule has 6 heteroatoms. The highest BCUT2D eigenvalue weighted by atomic mass is 16.6. The predicted octanol–water partition coefficient (Wildman–Crippen LogP) is 3.11. The average molecular weight is 344 g/mol. The molecule has 0 radical (unpaired) electrons. The molecule has 1 amide bonds. The van der Waals surface area contributed by atoms with E-state index in [1.807, 2.05) is 33.0 Å². The van der Waals surface area contributed by atoms with Crippen LogP contribution in [0, 0.1) is 0 Å². The molecule has 0 N–H and O–H groups in total. The number of nitrogens with zero attached hydrogens (tertiary/aromatic N) is 4. The molecule has 2 aliphatic rings. The van der Waals surface area contributed by atoms with E-state index < -0.39 is 5.60 Å². The molecule has 1 aromatic rings. The Bertz CT molecular complexity index is 643. The summed E-state index contributed by atoms with van der Waals surface area (Å²) in [6.45, 7) is 9.42. The summed E-state index contributed by atoms with van der Waals surface area (Å²) in [6.07, 6.45) is 5.00. The Morgan fingerprint density at radius 1 is 1.16 bits per heavy atom. The molecule has 0 aromatic carbocycles. The number of aromatic nitrogens is 1. The van der Waals surface area contributed by atoms with Gasteiger partial charge in [0.1, 0.15) is 11.4 Å². The normalized spacial score (nSPS) is 18.8. The molecule has 0 saturated carbocycles. The molecule has 0 atom stereocenters. The van der Waals surface area contributed by atoms with E-state index in [4.69, 9.17) is 9.73 Å². The fraction of sp³-hybridized carbons (Fsp3) is 0.632. The van der Waals surface area contributed by atoms with Gasteiger partial charge in [0.2, 0.25) is 0 Å². The number of hydrogen-bond donors (Lipinski definition) is 0. The molecule has 0 bridgehead atoms. The minimum absolute atomic E-state index is 0.231. The van der Waals surface area contributed by atoms with Crippen molar-refractivity contribution >= 4 is 17.6 Å². The second-order valence-electron chi connectivity index (χ2n) is 7.61. The van der Waals surface area contributed by atoms with Crippen molar-refractivity contribution in [2.24, 2.45) is 4.99 Å². The van der Waals surface area contributed by atoms with Crippen molar-refractivity contribution in [2.45, 2.75) is 45.6 Å². The number of rotatable bonds is 2. The lowest BCUT2D eigenvalue weighted by molar-refractivity contribution is 0.0240. The van der Waals surface area contributed by atoms with Crippen LogP contribution in [0.3, 0.4) is 0 Å². The third-order valence-electron chi connectivity index (χ3n) is 4.45. The van der Waals surface area contributed by atoms with Gasteiger partial charge in [-0.1, -0.05) is 0 Å². The van der Waals surface area contributed by atoms with E-state index in [9.17, 15) is 4.79 Å². The Kier molecular flexibility index (Phi) is 5.25. The van der Waals surface area contributed by atoms with Gasteiger partial charge in [0.15, 0.2) is 0 Å². The summed E-state index contributed by atoms with van der Waals surface area (Å²) >= 11 is 0. The maximum atomic E-state index is 12.2. The molecule has 6 nitrogen and oxygen atoms in total. The second-order valence-corrected chi connectivity index (χ2v) is 7.61. The predicted molar refractivity (Wildman–Crippen MR) is 99.5 cm³/mol. The molecule has 0 unspecified atom stereocenters. The maximum Gasteiger partial charge on any atom is 0.410 e. The van der Waals surface area contributed by atoms with E-state index in [1.54, 1.807) is 4.90 Å². The van der Waals surface area contributed by atoms with Gasteiger partial charge in [-0.2, -0.15) is 0 Å². The molecule has 1 aromatic heterocycles. The quantitative estimate of drug-likeness (QED) is 0.827. The van der Waals surface area contributed by atoms with Crippen LogP contribution in [0.1, 0.15) is 45.6 Å². The van der Waals surface area contributed by atoms with Gasteiger partial charge in [0, 0.05) is 50.2 Å². The van der Waals surface area contributed by atoms with E-state index >= 15 is 0 Å². The number of ether oxygens (including phenoxy) is 1. The number of carbonyl (C=O) groups is 1. The lowest BCUT2D eigenvalue weighted by Gasteiger charge is -2.37. The Morgan fingerprint density at radius 2 is 1.92 bits per heavy atom. The van der Waals surface area contributed by atoms with Crippen molar-refractivity contribution in [3.63, 3.8) is 0 Å². The average Bonchev–Trinajstić information content (AvgIpc) is 2.61. The van der Waals surface area contributed by atoms with Crippen molar-refractivity contribution in [3.8, 4) is 0 Å². The summed E-state index contributed by atoms with van der Waals surface area (Å²) in [6, 6.07) is 4.10. The van der Waals surface area contributed by atoms with Crippen LogP contribution in [0.4, 0.5) is 10.6 Å². The number of pyridine rings is 1. The van der Waals surface area contributed by atoms with Gasteiger partial charge in [-0.15, -0.1) is 0 Å². The molecule has 1 saturated heterocycles. The number of amides is 1. The molecule has 0 spiro atoms. The van der Waals surface area contributed by atoms with Crippen LogP contribution >= 0.6 is 0 Å². The maximum absolute atomic E-state index is 12.2. The van der Waals surface area contributed by atoms with Crippen LogP contribution in [0.2, 0.25) is 0 Å². The van der Waals surface area contributed by atoms with Gasteiger partial charge in [0.05, 0.1) is 0 Å². The molecular weight excluding hydrogens is 316 g/mol. The first-order valence-electron chi connectivity index (χ1n) is 9.16. The first-order valence-corrected chi connectivity index (χ1v) is 9.16. The molecule has 3 rings (SSSR count). The fourth-order valence-corrected chi connectivity index (χ4v) is 3.22. The van der Waals surface area contributed by atoms with Crippen LogP contribution in [0.15, 0.2) is 23.3 Å². The van der Waals surface area contributed by atoms with Gasteiger partial charge in [0.25, 0.3) is 0 Å². The van der Waals surface area contributed by atoms with Crippen LogP contribution in [0.25, 0.3) is 0 Å². The topological polar surface area (TPSA) is 58.0 Å². The van der Waals surface area contributed by atoms with E-state index in [-0.39, 0.29) is 6.09 Å². The summed E-state index contributed by atoms with van der Waals surface area (Å²) < 4.78 is 5.47. The smallest absolute Gasteiger partial charge is 0.410 e. The summed E-state index contributed by atoms with van der Waals surface area (Å²) in [4.78, 5) is 25.6. The van der Waals surface area contributed by atoms with E-state index in [0.717, 1.165) is 37.4 Å². The zero-order valence-electron chi connectivity index (χ0n) is 15.5. The highest BCUT2D eigenvalue weighted by molar-refractivity contribution is 6.04. The zero-order valence-corrected chi connectivity index (χ0v) is 15.5. The number of anilines is 1. The van der Waals surface area contributed by atoms with Gasteiger partial charge in [-0.05, 0) is 52.2 Å². The van der Waals surface area contributed by atoms with Crippen LogP contribution in [-0.4, -0.2) is 60.0 Å². The largest absolute Gasteiger partial charge is 0.444 e. The minimum atomic E-state index is -0.457. The third kappa shape index (κ3) is 4.50. The Hall–Kier alpha value is -2.11. The number of aliphatic imine (C=N–C) groups is 1. The lowest BCUT2D eigenvalue weighted by Crippen LogP contribution is -2.50. The van der Waals surface area contributed by atoms with E-state index in [2.05, 4.69) is 16.0 Å². The van der Waals surface area contributed by atoms with Gasteiger partial charge < -0.3 is 14.5 Å². The van der Waals surface area contributed by atoms with Gasteiger partial charge in [-0.3, -0.25) is 4.99 Å². The van der Waals surface area contributed by atoms with Crippen molar-refractivity contribution in [2.75, 3.05) is 37.6 Å². The first kappa shape index (κ1) is 17.7. The molecule has 3 heterocycles. The Balaban J connectivity index is 1.67. The summed E-state index contributed by atoms with van der Waals surface area (Å²) in [7, 11) is 0. The molecule has 136 valence electrons. The Labute approximate surface area is 149 Å². The zero-order chi connectivity index (χ0) is 17.9. The van der Waals surface area contributed by atoms with Gasteiger partial charge in [-0.25, -0.2) is 9.78 Å². The van der Waals surface area contributed by atoms with Crippen molar-refractivity contribution in [3.05, 3.63) is 23.9 Å². The van der Waals surface area contributed by atoms with Gasteiger partial charge >= 0.3 is 6.09 Å². The summed E-state index contributed by atoms with van der Waals surface area (Å²) in [5.41, 5.74) is 1.86. The van der Waals surface area contributed by atoms with Crippen molar-refractivity contribution in [1.82, 2.24) is 9.88 Å². The number of hydrogen-bond acceptors (Lipinski definition) is 5. The Morgan fingerprint density at radius 3 is 2.56 bits per heavy atom.